The lowest BCUT2D eigenvalue weighted by atomic mass is 9.90. The van der Waals surface area contributed by atoms with Gasteiger partial charge in [0, 0.05) is 29.8 Å². The highest BCUT2D eigenvalue weighted by Crippen LogP contribution is 2.49. The first-order valence-corrected chi connectivity index (χ1v) is 8.34. The van der Waals surface area contributed by atoms with Crippen molar-refractivity contribution in [2.45, 2.75) is 63.7 Å². The number of benzene rings is 1. The Labute approximate surface area is 126 Å². The Balaban J connectivity index is 1.80. The molecule has 0 spiro atoms. The third kappa shape index (κ3) is 1.67. The van der Waals surface area contributed by atoms with E-state index in [9.17, 15) is 4.79 Å². The van der Waals surface area contributed by atoms with E-state index in [0.717, 1.165) is 12.1 Å². The van der Waals surface area contributed by atoms with E-state index in [-0.39, 0.29) is 11.6 Å². The first kappa shape index (κ1) is 13.3. The van der Waals surface area contributed by atoms with Gasteiger partial charge < -0.3 is 4.90 Å². The van der Waals surface area contributed by atoms with E-state index in [0.29, 0.717) is 12.1 Å². The van der Waals surface area contributed by atoms with Gasteiger partial charge in [0.15, 0.2) is 0 Å². The van der Waals surface area contributed by atoms with Crippen LogP contribution in [0.15, 0.2) is 24.3 Å². The average Bonchev–Trinajstić information content (AvgIpc) is 2.92. The Bertz CT molecular complexity index is 578. The molecule has 1 aliphatic carbocycles. The van der Waals surface area contributed by atoms with E-state index in [1.54, 1.807) is 0 Å². The van der Waals surface area contributed by atoms with Gasteiger partial charge in [-0.15, -0.1) is 0 Å². The normalized spacial score (nSPS) is 33.3. The minimum atomic E-state index is -0.227. The topological polar surface area (TPSA) is 23.6 Å². The highest BCUT2D eigenvalue weighted by Gasteiger charge is 2.57. The molecule has 1 saturated heterocycles. The summed E-state index contributed by atoms with van der Waals surface area (Å²) in [6.45, 7) is 5.47. The molecular formula is C18H24N2O. The van der Waals surface area contributed by atoms with Gasteiger partial charge in [0.25, 0.3) is 5.91 Å². The monoisotopic (exact) mass is 284 g/mol. The summed E-state index contributed by atoms with van der Waals surface area (Å²) in [6.07, 6.45) is 6.61. The number of rotatable bonds is 1. The predicted molar refractivity (Wildman–Crippen MR) is 83.0 cm³/mol. The fourth-order valence-electron chi connectivity index (χ4n) is 4.90. The molecule has 3 aliphatic rings. The Hall–Kier alpha value is -1.35. The highest BCUT2D eigenvalue weighted by atomic mass is 16.2. The SMILES string of the molecule is CC1CN(C2CCCCC2)C2(C)c3ccccc3C(=O)N12. The molecule has 0 aromatic heterocycles. The molecule has 3 heteroatoms. The van der Waals surface area contributed by atoms with Crippen LogP contribution in [-0.2, 0) is 5.66 Å². The molecule has 2 heterocycles. The molecule has 3 nitrogen and oxygen atoms in total. The zero-order valence-corrected chi connectivity index (χ0v) is 13.0. The Morgan fingerprint density at radius 2 is 1.86 bits per heavy atom. The molecule has 0 radical (unpaired) electrons. The lowest BCUT2D eigenvalue weighted by Crippen LogP contribution is -2.50. The number of hydrogen-bond donors (Lipinski definition) is 0. The van der Waals surface area contributed by atoms with Crippen LogP contribution < -0.4 is 0 Å². The molecule has 2 fully saturated rings. The van der Waals surface area contributed by atoms with Gasteiger partial charge in [-0.1, -0.05) is 37.5 Å². The van der Waals surface area contributed by atoms with Crippen molar-refractivity contribution in [3.63, 3.8) is 0 Å². The van der Waals surface area contributed by atoms with E-state index < -0.39 is 0 Å². The van der Waals surface area contributed by atoms with Crippen LogP contribution in [0.4, 0.5) is 0 Å². The molecule has 0 N–H and O–H groups in total. The summed E-state index contributed by atoms with van der Waals surface area (Å²) in [6, 6.07) is 9.14. The molecular weight excluding hydrogens is 260 g/mol. The quantitative estimate of drug-likeness (QED) is 0.789. The maximum absolute atomic E-state index is 12.8. The second-order valence-corrected chi connectivity index (χ2v) is 7.03. The summed E-state index contributed by atoms with van der Waals surface area (Å²) in [5.41, 5.74) is 1.90. The minimum Gasteiger partial charge on any atom is -0.312 e. The van der Waals surface area contributed by atoms with Crippen molar-refractivity contribution in [3.05, 3.63) is 35.4 Å². The molecule has 2 atom stereocenters. The Kier molecular flexibility index (Phi) is 2.90. The molecule has 21 heavy (non-hydrogen) atoms. The zero-order chi connectivity index (χ0) is 14.6. The Morgan fingerprint density at radius 1 is 1.14 bits per heavy atom. The number of carbonyl (C=O) groups excluding carboxylic acids is 1. The van der Waals surface area contributed by atoms with Crippen LogP contribution in [0, 0.1) is 0 Å². The summed E-state index contributed by atoms with van der Waals surface area (Å²) in [4.78, 5) is 17.6. The van der Waals surface area contributed by atoms with Crippen LogP contribution >= 0.6 is 0 Å². The van der Waals surface area contributed by atoms with Crippen LogP contribution in [0.25, 0.3) is 0 Å². The van der Waals surface area contributed by atoms with Gasteiger partial charge in [-0.2, -0.15) is 0 Å². The summed E-state index contributed by atoms with van der Waals surface area (Å²) < 4.78 is 0. The van der Waals surface area contributed by atoms with Crippen molar-refractivity contribution in [1.82, 2.24) is 9.80 Å². The van der Waals surface area contributed by atoms with Crippen LogP contribution in [0.5, 0.6) is 0 Å². The molecule has 1 saturated carbocycles. The summed E-state index contributed by atoms with van der Waals surface area (Å²) in [5, 5.41) is 0. The third-order valence-electron chi connectivity index (χ3n) is 5.83. The predicted octanol–water partition coefficient (Wildman–Crippen LogP) is 3.35. The van der Waals surface area contributed by atoms with Gasteiger partial charge in [-0.25, -0.2) is 0 Å². The molecule has 2 aliphatic heterocycles. The van der Waals surface area contributed by atoms with Crippen molar-refractivity contribution in [3.8, 4) is 0 Å². The van der Waals surface area contributed by atoms with Gasteiger partial charge in [-0.05, 0) is 32.8 Å². The summed E-state index contributed by atoms with van der Waals surface area (Å²) in [7, 11) is 0. The van der Waals surface area contributed by atoms with Gasteiger partial charge in [0.1, 0.15) is 5.66 Å². The van der Waals surface area contributed by atoms with E-state index in [2.05, 4.69) is 35.8 Å². The van der Waals surface area contributed by atoms with Crippen molar-refractivity contribution < 1.29 is 4.79 Å². The molecule has 0 bridgehead atoms. The molecule has 1 aromatic rings. The first-order valence-electron chi connectivity index (χ1n) is 8.34. The van der Waals surface area contributed by atoms with Gasteiger partial charge in [0.2, 0.25) is 0 Å². The molecule has 1 amide bonds. The fourth-order valence-corrected chi connectivity index (χ4v) is 4.90. The van der Waals surface area contributed by atoms with Gasteiger partial charge in [0.05, 0.1) is 0 Å². The number of nitrogens with zero attached hydrogens (tertiary/aromatic N) is 2. The standard InChI is InChI=1S/C18H24N2O/c1-13-12-19(14-8-4-3-5-9-14)18(2)16-11-7-6-10-15(16)17(21)20(13)18/h6-7,10-11,13-14H,3-5,8-9,12H2,1-2H3. The van der Waals surface area contributed by atoms with Crippen LogP contribution in [-0.4, -0.2) is 34.3 Å². The molecule has 1 aromatic carbocycles. The number of hydrogen-bond acceptors (Lipinski definition) is 2. The maximum atomic E-state index is 12.8. The zero-order valence-electron chi connectivity index (χ0n) is 13.0. The number of amides is 1. The van der Waals surface area contributed by atoms with E-state index in [4.69, 9.17) is 0 Å². The van der Waals surface area contributed by atoms with Gasteiger partial charge in [-0.3, -0.25) is 9.69 Å². The Morgan fingerprint density at radius 3 is 2.62 bits per heavy atom. The summed E-state index contributed by atoms with van der Waals surface area (Å²) >= 11 is 0. The first-order chi connectivity index (χ1) is 10.1. The molecule has 2 unspecified atom stereocenters. The maximum Gasteiger partial charge on any atom is 0.256 e. The number of fused-ring (bicyclic) bond motifs is 3. The largest absolute Gasteiger partial charge is 0.312 e. The van der Waals surface area contributed by atoms with E-state index in [1.807, 2.05) is 12.1 Å². The van der Waals surface area contributed by atoms with Gasteiger partial charge >= 0.3 is 0 Å². The fraction of sp³-hybridized carbons (Fsp3) is 0.611. The average molecular weight is 284 g/mol. The molecule has 4 rings (SSSR count). The van der Waals surface area contributed by atoms with E-state index >= 15 is 0 Å². The number of carbonyl (C=O) groups is 1. The lowest BCUT2D eigenvalue weighted by molar-refractivity contribution is 0.00135. The van der Waals surface area contributed by atoms with Crippen molar-refractivity contribution in [2.24, 2.45) is 0 Å². The second kappa shape index (κ2) is 4.57. The van der Waals surface area contributed by atoms with Crippen molar-refractivity contribution in [2.75, 3.05) is 6.54 Å². The summed E-state index contributed by atoms with van der Waals surface area (Å²) in [5.74, 6) is 0.221. The molecule has 112 valence electrons. The smallest absolute Gasteiger partial charge is 0.256 e. The van der Waals surface area contributed by atoms with Crippen molar-refractivity contribution in [1.29, 1.82) is 0 Å². The second-order valence-electron chi connectivity index (χ2n) is 7.03. The van der Waals surface area contributed by atoms with Crippen LogP contribution in [0.2, 0.25) is 0 Å². The van der Waals surface area contributed by atoms with Crippen LogP contribution in [0.3, 0.4) is 0 Å². The van der Waals surface area contributed by atoms with E-state index in [1.165, 1.54) is 37.7 Å². The highest BCUT2D eigenvalue weighted by molar-refractivity contribution is 6.00. The third-order valence-corrected chi connectivity index (χ3v) is 5.83. The van der Waals surface area contributed by atoms with Crippen LogP contribution in [0.1, 0.15) is 61.9 Å². The minimum absolute atomic E-state index is 0.221. The van der Waals surface area contributed by atoms with Crippen molar-refractivity contribution >= 4 is 5.91 Å². The lowest BCUT2D eigenvalue weighted by Gasteiger charge is -2.43.